The summed E-state index contributed by atoms with van der Waals surface area (Å²) in [5.74, 6) is 1.91. The molecule has 2 bridgehead atoms. The van der Waals surface area contributed by atoms with Crippen LogP contribution in [0.2, 0.25) is 0 Å². The SMILES string of the molecule is CC(=O)Nc1cc(Nc2cc(C)nc(C34CC(CO3)C4)n2)c(-c2ccc(COC(F)F)cn2)cn1. The molecule has 182 valence electrons. The highest BCUT2D eigenvalue weighted by Crippen LogP contribution is 2.54. The second-order valence-corrected chi connectivity index (χ2v) is 8.84. The summed E-state index contributed by atoms with van der Waals surface area (Å²) in [6.07, 6.45) is 4.90. The number of hydrogen-bond donors (Lipinski definition) is 2. The number of pyridine rings is 2. The van der Waals surface area contributed by atoms with Gasteiger partial charge in [0.1, 0.15) is 17.2 Å². The molecule has 35 heavy (non-hydrogen) atoms. The van der Waals surface area contributed by atoms with Crippen molar-refractivity contribution in [1.29, 1.82) is 0 Å². The minimum atomic E-state index is -2.85. The number of rotatable bonds is 8. The number of carbonyl (C=O) groups excluding carboxylic acids is 1. The second kappa shape index (κ2) is 9.23. The Bertz CT molecular complexity index is 1240. The summed E-state index contributed by atoms with van der Waals surface area (Å²) in [5, 5.41) is 5.99. The third-order valence-electron chi connectivity index (χ3n) is 6.04. The van der Waals surface area contributed by atoms with Crippen molar-refractivity contribution in [3.8, 4) is 11.3 Å². The Hall–Kier alpha value is -3.57. The van der Waals surface area contributed by atoms with Gasteiger partial charge in [-0.15, -0.1) is 0 Å². The summed E-state index contributed by atoms with van der Waals surface area (Å²) in [7, 11) is 0. The Morgan fingerprint density at radius 3 is 2.69 bits per heavy atom. The van der Waals surface area contributed by atoms with Gasteiger partial charge in [-0.25, -0.2) is 15.0 Å². The zero-order valence-electron chi connectivity index (χ0n) is 19.2. The summed E-state index contributed by atoms with van der Waals surface area (Å²) in [4.78, 5) is 29.6. The Morgan fingerprint density at radius 1 is 1.20 bits per heavy atom. The molecule has 3 aliphatic rings. The molecule has 0 atom stereocenters. The van der Waals surface area contributed by atoms with E-state index in [-0.39, 0.29) is 12.5 Å². The topological polar surface area (TPSA) is 111 Å². The lowest BCUT2D eigenvalue weighted by Gasteiger charge is -2.34. The van der Waals surface area contributed by atoms with Crippen molar-refractivity contribution in [3.63, 3.8) is 0 Å². The second-order valence-electron chi connectivity index (χ2n) is 8.84. The first kappa shape index (κ1) is 23.2. The number of alkyl halides is 2. The van der Waals surface area contributed by atoms with E-state index in [1.54, 1.807) is 24.4 Å². The number of amides is 1. The van der Waals surface area contributed by atoms with Crippen molar-refractivity contribution in [2.75, 3.05) is 17.2 Å². The van der Waals surface area contributed by atoms with E-state index in [1.165, 1.54) is 13.1 Å². The lowest BCUT2D eigenvalue weighted by Crippen LogP contribution is -2.35. The van der Waals surface area contributed by atoms with Crippen LogP contribution in [0.1, 0.15) is 36.8 Å². The van der Waals surface area contributed by atoms with Gasteiger partial charge < -0.3 is 20.1 Å². The first-order chi connectivity index (χ1) is 16.8. The maximum atomic E-state index is 12.3. The Labute approximate surface area is 200 Å². The van der Waals surface area contributed by atoms with Crippen LogP contribution in [-0.2, 0) is 26.5 Å². The van der Waals surface area contributed by atoms with Gasteiger partial charge in [0.25, 0.3) is 0 Å². The number of aryl methyl sites for hydroxylation is 1. The maximum absolute atomic E-state index is 12.3. The van der Waals surface area contributed by atoms with E-state index < -0.39 is 12.2 Å². The van der Waals surface area contributed by atoms with E-state index in [9.17, 15) is 13.6 Å². The van der Waals surface area contributed by atoms with Crippen LogP contribution in [0.4, 0.5) is 26.1 Å². The minimum Gasteiger partial charge on any atom is -0.367 e. The molecule has 0 aromatic carbocycles. The molecule has 6 rings (SSSR count). The molecule has 11 heteroatoms. The van der Waals surface area contributed by atoms with Crippen molar-refractivity contribution in [1.82, 2.24) is 19.9 Å². The van der Waals surface area contributed by atoms with Crippen LogP contribution in [0, 0.1) is 12.8 Å². The van der Waals surface area contributed by atoms with Crippen LogP contribution in [0.5, 0.6) is 0 Å². The minimum absolute atomic E-state index is 0.247. The molecule has 2 N–H and O–H groups in total. The van der Waals surface area contributed by atoms with Crippen LogP contribution in [0.3, 0.4) is 0 Å². The van der Waals surface area contributed by atoms with Gasteiger partial charge in [-0.05, 0) is 37.3 Å². The largest absolute Gasteiger partial charge is 0.367 e. The number of carbonyl (C=O) groups is 1. The molecule has 0 radical (unpaired) electrons. The van der Waals surface area contributed by atoms with Crippen LogP contribution in [0.15, 0.2) is 36.7 Å². The van der Waals surface area contributed by atoms with E-state index in [2.05, 4.69) is 30.3 Å². The predicted octanol–water partition coefficient (Wildman–Crippen LogP) is 4.32. The lowest BCUT2D eigenvalue weighted by molar-refractivity contribution is -0.137. The number of hydrogen-bond acceptors (Lipinski definition) is 8. The average Bonchev–Trinajstić information content (AvgIpc) is 3.40. The molecular weight excluding hydrogens is 458 g/mol. The van der Waals surface area contributed by atoms with E-state index in [0.717, 1.165) is 25.1 Å². The van der Waals surface area contributed by atoms with Crippen LogP contribution >= 0.6 is 0 Å². The standard InChI is InChI=1S/C24H24F2N6O3/c1-13-5-21(32-22(29-13)24-7-16(8-24)12-35-24)31-19-6-20(30-14(2)33)28-10-17(19)18-4-3-15(9-27-18)11-34-23(25)26/h3-6,9-10,16,23H,7-8,11-12H2,1-2H3,(H2,28,29,30,31,32,33). The summed E-state index contributed by atoms with van der Waals surface area (Å²) in [6.45, 7) is 0.937. The van der Waals surface area contributed by atoms with Crippen molar-refractivity contribution in [2.24, 2.45) is 5.92 Å². The van der Waals surface area contributed by atoms with Crippen LogP contribution in [0.25, 0.3) is 11.3 Å². The Balaban J connectivity index is 1.46. The average molecular weight is 482 g/mol. The van der Waals surface area contributed by atoms with E-state index in [0.29, 0.717) is 45.9 Å². The summed E-state index contributed by atoms with van der Waals surface area (Å²) in [5.41, 5.74) is 2.70. The van der Waals surface area contributed by atoms with Crippen molar-refractivity contribution < 1.29 is 23.0 Å². The fraction of sp³-hybridized carbons (Fsp3) is 0.375. The zero-order chi connectivity index (χ0) is 24.6. The highest BCUT2D eigenvalue weighted by Gasteiger charge is 2.55. The van der Waals surface area contributed by atoms with Gasteiger partial charge in [0, 0.05) is 42.7 Å². The Kier molecular flexibility index (Phi) is 6.12. The molecule has 5 heterocycles. The van der Waals surface area contributed by atoms with Gasteiger partial charge >= 0.3 is 6.61 Å². The van der Waals surface area contributed by atoms with E-state index in [4.69, 9.17) is 9.72 Å². The highest BCUT2D eigenvalue weighted by molar-refractivity contribution is 5.89. The molecule has 3 aromatic rings. The van der Waals surface area contributed by atoms with E-state index in [1.807, 2.05) is 13.0 Å². The first-order valence-corrected chi connectivity index (χ1v) is 11.2. The fourth-order valence-electron chi connectivity index (χ4n) is 4.45. The molecule has 3 fully saturated rings. The molecule has 1 saturated carbocycles. The number of nitrogens with zero attached hydrogens (tertiary/aromatic N) is 4. The smallest absolute Gasteiger partial charge is 0.345 e. The molecular formula is C24H24F2N6O3. The predicted molar refractivity (Wildman–Crippen MR) is 123 cm³/mol. The maximum Gasteiger partial charge on any atom is 0.345 e. The molecule has 1 amide bonds. The van der Waals surface area contributed by atoms with Crippen molar-refractivity contribution >= 4 is 23.2 Å². The van der Waals surface area contributed by atoms with Gasteiger partial charge in [-0.2, -0.15) is 8.78 Å². The first-order valence-electron chi connectivity index (χ1n) is 11.2. The van der Waals surface area contributed by atoms with Crippen LogP contribution in [-0.4, -0.2) is 39.1 Å². The third-order valence-corrected chi connectivity index (χ3v) is 6.04. The third kappa shape index (κ3) is 4.96. The summed E-state index contributed by atoms with van der Waals surface area (Å²) >= 11 is 0. The van der Waals surface area contributed by atoms with Gasteiger partial charge in [0.2, 0.25) is 5.91 Å². The molecule has 1 aliphatic carbocycles. The lowest BCUT2D eigenvalue weighted by atomic mass is 9.74. The molecule has 9 nitrogen and oxygen atoms in total. The number of aromatic nitrogens is 4. The molecule has 3 aromatic heterocycles. The van der Waals surface area contributed by atoms with E-state index >= 15 is 0 Å². The molecule has 2 saturated heterocycles. The highest BCUT2D eigenvalue weighted by atomic mass is 19.3. The number of ether oxygens (including phenoxy) is 2. The Morgan fingerprint density at radius 2 is 2.03 bits per heavy atom. The van der Waals surface area contributed by atoms with Gasteiger partial charge in [0.15, 0.2) is 5.82 Å². The molecule has 0 spiro atoms. The number of anilines is 3. The number of halogens is 2. The van der Waals surface area contributed by atoms with Gasteiger partial charge in [-0.1, -0.05) is 6.07 Å². The summed E-state index contributed by atoms with van der Waals surface area (Å²) in [6, 6.07) is 6.87. The summed E-state index contributed by atoms with van der Waals surface area (Å²) < 4.78 is 35.0. The van der Waals surface area contributed by atoms with Crippen molar-refractivity contribution in [2.45, 2.75) is 45.5 Å². The van der Waals surface area contributed by atoms with Gasteiger partial charge in [0.05, 0.1) is 24.6 Å². The quantitative estimate of drug-likeness (QED) is 0.488. The molecule has 2 aliphatic heterocycles. The number of nitrogens with one attached hydrogen (secondary N) is 2. The fourth-order valence-corrected chi connectivity index (χ4v) is 4.45. The van der Waals surface area contributed by atoms with Crippen molar-refractivity contribution in [3.05, 3.63) is 53.7 Å². The number of fused-ring (bicyclic) bond motifs is 1. The van der Waals surface area contributed by atoms with Gasteiger partial charge in [-0.3, -0.25) is 9.78 Å². The monoisotopic (exact) mass is 482 g/mol. The zero-order valence-corrected chi connectivity index (χ0v) is 19.2. The van der Waals surface area contributed by atoms with Crippen LogP contribution < -0.4 is 10.6 Å². The molecule has 0 unspecified atom stereocenters. The normalized spacial score (nSPS) is 20.5.